The standard InChI is InChI=1S/C51H90O15/c1-3-5-7-9-11-13-15-17-19-21-23-25-27-29-31-33-42(53)61-36-39(64-43(54)34-32-30-28-26-24-22-20-18-16-14-12-10-8-6-4-2)37-62-50-49(60)47(58)45(56)41(66-50)38-63-51-48(59)46(57)44(55)40(35-52)65-51/h12,14,17-20,39-41,44-52,55-60H,3-11,13,15-16,21-38H2,1-2H3/b14-12+,19-17+,20-18+/t39-,40-,41-,44+,45+,46?,47?,48?,49?,50-,51-/m1/s1. The highest BCUT2D eigenvalue weighted by Crippen LogP contribution is 2.26. The molecule has 0 aliphatic carbocycles. The molecule has 0 saturated carbocycles. The number of carbonyl (C=O) groups excluding carboxylic acids is 2. The van der Waals surface area contributed by atoms with E-state index in [0.29, 0.717) is 12.8 Å². The topological polar surface area (TPSA) is 231 Å². The lowest BCUT2D eigenvalue weighted by molar-refractivity contribution is -0.332. The van der Waals surface area contributed by atoms with Crippen molar-refractivity contribution in [3.63, 3.8) is 0 Å². The monoisotopic (exact) mass is 943 g/mol. The van der Waals surface area contributed by atoms with E-state index in [1.54, 1.807) is 0 Å². The second kappa shape index (κ2) is 38.6. The van der Waals surface area contributed by atoms with E-state index in [4.69, 9.17) is 28.4 Å². The largest absolute Gasteiger partial charge is 0.462 e. The Morgan fingerprint density at radius 2 is 0.909 bits per heavy atom. The molecule has 0 amide bonds. The molecule has 15 heteroatoms. The first kappa shape index (κ1) is 59.8. The van der Waals surface area contributed by atoms with Crippen LogP contribution in [0.3, 0.4) is 0 Å². The zero-order valence-corrected chi connectivity index (χ0v) is 40.4. The van der Waals surface area contributed by atoms with Gasteiger partial charge < -0.3 is 64.2 Å². The van der Waals surface area contributed by atoms with E-state index in [9.17, 15) is 45.3 Å². The molecule has 2 rings (SSSR count). The Bertz CT molecular complexity index is 1290. The minimum atomic E-state index is -1.77. The number of hydrogen-bond donors (Lipinski definition) is 7. The summed E-state index contributed by atoms with van der Waals surface area (Å²) in [5, 5.41) is 72.0. The fourth-order valence-corrected chi connectivity index (χ4v) is 7.83. The smallest absolute Gasteiger partial charge is 0.306 e. The molecule has 4 unspecified atom stereocenters. The minimum Gasteiger partial charge on any atom is -0.462 e. The summed E-state index contributed by atoms with van der Waals surface area (Å²) in [6.45, 7) is 2.53. The summed E-state index contributed by atoms with van der Waals surface area (Å²) in [4.78, 5) is 25.7. The molecule has 2 aliphatic heterocycles. The Balaban J connectivity index is 1.83. The molecule has 7 N–H and O–H groups in total. The van der Waals surface area contributed by atoms with Crippen molar-refractivity contribution in [3.05, 3.63) is 36.5 Å². The Hall–Kier alpha value is -2.28. The van der Waals surface area contributed by atoms with Gasteiger partial charge in [-0.2, -0.15) is 0 Å². The number of ether oxygens (including phenoxy) is 6. The fraction of sp³-hybridized carbons (Fsp3) is 0.843. The van der Waals surface area contributed by atoms with E-state index in [1.165, 1.54) is 57.8 Å². The minimum absolute atomic E-state index is 0.148. The van der Waals surface area contributed by atoms with Crippen LogP contribution in [0.25, 0.3) is 0 Å². The molecule has 0 aromatic rings. The quantitative estimate of drug-likeness (QED) is 0.0188. The van der Waals surface area contributed by atoms with Crippen LogP contribution >= 0.6 is 0 Å². The third-order valence-electron chi connectivity index (χ3n) is 12.1. The number of carbonyl (C=O) groups is 2. The predicted octanol–water partition coefficient (Wildman–Crippen LogP) is 6.93. The average Bonchev–Trinajstić information content (AvgIpc) is 3.31. The second-order valence-corrected chi connectivity index (χ2v) is 18.0. The average molecular weight is 943 g/mol. The molecule has 0 aromatic heterocycles. The van der Waals surface area contributed by atoms with Crippen molar-refractivity contribution in [2.45, 2.75) is 248 Å². The summed E-state index contributed by atoms with van der Waals surface area (Å²) >= 11 is 0. The molecular weight excluding hydrogens is 853 g/mol. The molecule has 0 bridgehead atoms. The maximum Gasteiger partial charge on any atom is 0.306 e. The molecule has 11 atom stereocenters. The molecule has 0 spiro atoms. The van der Waals surface area contributed by atoms with Gasteiger partial charge in [0.2, 0.25) is 0 Å². The van der Waals surface area contributed by atoms with Crippen molar-refractivity contribution in [1.82, 2.24) is 0 Å². The van der Waals surface area contributed by atoms with Gasteiger partial charge in [0.25, 0.3) is 0 Å². The van der Waals surface area contributed by atoms with E-state index in [1.807, 2.05) is 0 Å². The zero-order chi connectivity index (χ0) is 48.2. The van der Waals surface area contributed by atoms with Crippen molar-refractivity contribution in [2.24, 2.45) is 0 Å². The lowest BCUT2D eigenvalue weighted by Gasteiger charge is -2.42. The number of rotatable bonds is 39. The first-order valence-corrected chi connectivity index (χ1v) is 25.6. The summed E-state index contributed by atoms with van der Waals surface area (Å²) in [5.41, 5.74) is 0. The third kappa shape index (κ3) is 26.5. The Kier molecular flexibility index (Phi) is 35.0. The zero-order valence-electron chi connectivity index (χ0n) is 40.4. The van der Waals surface area contributed by atoms with Crippen LogP contribution in [0.1, 0.15) is 181 Å². The number of esters is 2. The number of allylic oxidation sites excluding steroid dienone is 6. The Labute approximate surface area is 395 Å². The van der Waals surface area contributed by atoms with Crippen molar-refractivity contribution in [1.29, 1.82) is 0 Å². The molecule has 384 valence electrons. The van der Waals surface area contributed by atoms with Gasteiger partial charge in [0.15, 0.2) is 18.7 Å². The number of aliphatic hydroxyl groups excluding tert-OH is 7. The number of aliphatic hydroxyl groups is 7. The highest BCUT2D eigenvalue weighted by molar-refractivity contribution is 5.70. The lowest BCUT2D eigenvalue weighted by atomic mass is 9.98. The predicted molar refractivity (Wildman–Crippen MR) is 252 cm³/mol. The maximum atomic E-state index is 13.0. The van der Waals surface area contributed by atoms with Crippen molar-refractivity contribution < 1.29 is 73.8 Å². The van der Waals surface area contributed by atoms with E-state index in [2.05, 4.69) is 50.3 Å². The summed E-state index contributed by atoms with van der Waals surface area (Å²) < 4.78 is 33.5. The molecular formula is C51H90O15. The second-order valence-electron chi connectivity index (χ2n) is 18.0. The van der Waals surface area contributed by atoms with Gasteiger partial charge in [-0.1, -0.05) is 134 Å². The van der Waals surface area contributed by atoms with Crippen LogP contribution in [0.5, 0.6) is 0 Å². The Morgan fingerprint density at radius 3 is 1.45 bits per heavy atom. The normalized spacial score (nSPS) is 26.4. The van der Waals surface area contributed by atoms with Crippen LogP contribution in [-0.4, -0.2) is 142 Å². The van der Waals surface area contributed by atoms with Crippen LogP contribution in [0.2, 0.25) is 0 Å². The first-order chi connectivity index (χ1) is 32.0. The molecule has 2 fully saturated rings. The van der Waals surface area contributed by atoms with Gasteiger partial charge in [-0.15, -0.1) is 0 Å². The maximum absolute atomic E-state index is 13.0. The van der Waals surface area contributed by atoms with E-state index >= 15 is 0 Å². The van der Waals surface area contributed by atoms with Crippen molar-refractivity contribution in [3.8, 4) is 0 Å². The van der Waals surface area contributed by atoms with Gasteiger partial charge in [0, 0.05) is 12.8 Å². The highest BCUT2D eigenvalue weighted by Gasteiger charge is 2.47. The Morgan fingerprint density at radius 1 is 0.485 bits per heavy atom. The van der Waals surface area contributed by atoms with Gasteiger partial charge in [-0.25, -0.2) is 0 Å². The summed E-state index contributed by atoms with van der Waals surface area (Å²) in [6, 6.07) is 0. The van der Waals surface area contributed by atoms with E-state index < -0.39 is 92.7 Å². The number of hydrogen-bond acceptors (Lipinski definition) is 15. The van der Waals surface area contributed by atoms with Crippen LogP contribution in [-0.2, 0) is 38.0 Å². The molecule has 66 heavy (non-hydrogen) atoms. The van der Waals surface area contributed by atoms with Crippen LogP contribution in [0.15, 0.2) is 36.5 Å². The SMILES string of the molecule is CCCCC/C=C/C/C=C/CCCCCCCC(=O)O[C@H](COC(=O)CCCCCCC/C=C/CCCCCCCC)CO[C@@H]1O[C@H](CO[C@@H]2O[C@H](CO)[C@H](O)C(O)C2O)[C@H](O)C(O)C1O. The first-order valence-electron chi connectivity index (χ1n) is 25.6. The molecule has 0 radical (unpaired) electrons. The molecule has 2 saturated heterocycles. The van der Waals surface area contributed by atoms with Gasteiger partial charge >= 0.3 is 11.9 Å². The summed E-state index contributed by atoms with van der Waals surface area (Å²) in [5.74, 6) is -0.950. The molecule has 0 aromatic carbocycles. The molecule has 15 nitrogen and oxygen atoms in total. The van der Waals surface area contributed by atoms with Crippen LogP contribution in [0.4, 0.5) is 0 Å². The van der Waals surface area contributed by atoms with Crippen molar-refractivity contribution >= 4 is 11.9 Å². The van der Waals surface area contributed by atoms with Gasteiger partial charge in [-0.05, 0) is 70.6 Å². The number of unbranched alkanes of at least 4 members (excludes halogenated alkanes) is 19. The van der Waals surface area contributed by atoms with Gasteiger partial charge in [0.05, 0.1) is 19.8 Å². The molecule has 2 heterocycles. The van der Waals surface area contributed by atoms with Gasteiger partial charge in [-0.3, -0.25) is 9.59 Å². The summed E-state index contributed by atoms with van der Waals surface area (Å²) in [6.07, 6.45) is 23.1. The third-order valence-corrected chi connectivity index (χ3v) is 12.1. The van der Waals surface area contributed by atoms with Crippen LogP contribution < -0.4 is 0 Å². The molecule has 2 aliphatic rings. The van der Waals surface area contributed by atoms with Gasteiger partial charge in [0.1, 0.15) is 55.4 Å². The highest BCUT2D eigenvalue weighted by atomic mass is 16.7. The van der Waals surface area contributed by atoms with Crippen molar-refractivity contribution in [2.75, 3.05) is 26.4 Å². The lowest BCUT2D eigenvalue weighted by Crippen LogP contribution is -2.61. The van der Waals surface area contributed by atoms with E-state index in [0.717, 1.165) is 83.5 Å². The fourth-order valence-electron chi connectivity index (χ4n) is 7.83. The van der Waals surface area contributed by atoms with Crippen LogP contribution in [0, 0.1) is 0 Å². The van der Waals surface area contributed by atoms with E-state index in [-0.39, 0.29) is 26.1 Å². The summed E-state index contributed by atoms with van der Waals surface area (Å²) in [7, 11) is 0.